The van der Waals surface area contributed by atoms with Crippen LogP contribution in [0.3, 0.4) is 0 Å². The lowest BCUT2D eigenvalue weighted by Gasteiger charge is -2.37. The van der Waals surface area contributed by atoms with E-state index in [-0.39, 0.29) is 11.8 Å². The Balaban J connectivity index is 2.18. The summed E-state index contributed by atoms with van der Waals surface area (Å²) in [7, 11) is 3.72. The predicted molar refractivity (Wildman–Crippen MR) is 81.1 cm³/mol. The fourth-order valence-corrected chi connectivity index (χ4v) is 3.19. The van der Waals surface area contributed by atoms with Crippen LogP contribution in [0.2, 0.25) is 0 Å². The summed E-state index contributed by atoms with van der Waals surface area (Å²) in [4.78, 5) is 2.33. The highest BCUT2D eigenvalue weighted by Crippen LogP contribution is 2.34. The summed E-state index contributed by atoms with van der Waals surface area (Å²) < 4.78 is 5.14. The number of nitrogens with zero attached hydrogens (tertiary/aromatic N) is 1. The average Bonchev–Trinajstić information content (AvgIpc) is 2.50. The Hall–Kier alpha value is -1.26. The fraction of sp³-hybridized carbons (Fsp3) is 0.625. The number of nitrogens with two attached hydrogens (primary N) is 1. The van der Waals surface area contributed by atoms with E-state index in [1.54, 1.807) is 13.2 Å². The molecule has 1 fully saturated rings. The van der Waals surface area contributed by atoms with E-state index in [4.69, 9.17) is 10.5 Å². The molecule has 1 saturated carbocycles. The Morgan fingerprint density at radius 1 is 1.35 bits per heavy atom. The Labute approximate surface area is 121 Å². The highest BCUT2D eigenvalue weighted by Gasteiger charge is 2.26. The lowest BCUT2D eigenvalue weighted by Crippen LogP contribution is -2.39. The van der Waals surface area contributed by atoms with E-state index >= 15 is 0 Å². The minimum atomic E-state index is 0.0593. The molecule has 1 aromatic carbocycles. The number of hydrogen-bond acceptors (Lipinski definition) is 4. The van der Waals surface area contributed by atoms with Crippen LogP contribution in [0.4, 0.5) is 0 Å². The van der Waals surface area contributed by atoms with Crippen LogP contribution in [0, 0.1) is 0 Å². The van der Waals surface area contributed by atoms with Crippen molar-refractivity contribution >= 4 is 0 Å². The molecule has 20 heavy (non-hydrogen) atoms. The number of phenolic OH excluding ortho intramolecular Hbond substituents is 1. The number of methoxy groups -OCH3 is 1. The lowest BCUT2D eigenvalue weighted by atomic mass is 9.92. The Kier molecular flexibility index (Phi) is 5.26. The summed E-state index contributed by atoms with van der Waals surface area (Å²) >= 11 is 0. The number of rotatable bonds is 5. The van der Waals surface area contributed by atoms with Gasteiger partial charge in [-0.2, -0.15) is 0 Å². The molecule has 0 spiro atoms. The van der Waals surface area contributed by atoms with Crippen LogP contribution in [0.15, 0.2) is 18.2 Å². The van der Waals surface area contributed by atoms with Crippen molar-refractivity contribution in [2.24, 2.45) is 5.73 Å². The molecular weight excluding hydrogens is 252 g/mol. The topological polar surface area (TPSA) is 58.7 Å². The summed E-state index contributed by atoms with van der Waals surface area (Å²) in [6.45, 7) is 0.507. The number of likely N-dealkylation sites (N-methyl/N-ethyl adjacent to an activating group) is 1. The number of phenols is 1. The molecule has 112 valence electrons. The zero-order valence-electron chi connectivity index (χ0n) is 12.5. The van der Waals surface area contributed by atoms with E-state index in [1.807, 2.05) is 12.1 Å². The van der Waals surface area contributed by atoms with Gasteiger partial charge in [0.2, 0.25) is 0 Å². The second-order valence-corrected chi connectivity index (χ2v) is 5.63. The van der Waals surface area contributed by atoms with Gasteiger partial charge in [-0.3, -0.25) is 4.90 Å². The minimum Gasteiger partial charge on any atom is -0.507 e. The standard InChI is InChI=1S/C16H26N2O2/c1-18(12-6-4-3-5-7-12)15(11-17)14-9-8-13(20-2)10-16(14)19/h8-10,12,15,19H,3-7,11,17H2,1-2H3. The third-order valence-corrected chi connectivity index (χ3v) is 4.46. The van der Waals surface area contributed by atoms with Crippen LogP contribution in [0.5, 0.6) is 11.5 Å². The minimum absolute atomic E-state index is 0.0593. The van der Waals surface area contributed by atoms with E-state index in [2.05, 4.69) is 11.9 Å². The van der Waals surface area contributed by atoms with Crippen molar-refractivity contribution in [2.45, 2.75) is 44.2 Å². The normalized spacial score (nSPS) is 18.2. The Morgan fingerprint density at radius 2 is 2.05 bits per heavy atom. The first-order valence-corrected chi connectivity index (χ1v) is 7.46. The zero-order chi connectivity index (χ0) is 14.5. The highest BCUT2D eigenvalue weighted by molar-refractivity contribution is 5.41. The average molecular weight is 278 g/mol. The SMILES string of the molecule is COc1ccc(C(CN)N(C)C2CCCCC2)c(O)c1. The van der Waals surface area contributed by atoms with Gasteiger partial charge in [-0.1, -0.05) is 25.3 Å². The van der Waals surface area contributed by atoms with Crippen LogP contribution in [0.1, 0.15) is 43.7 Å². The molecule has 4 heteroatoms. The molecule has 2 rings (SSSR count). The first kappa shape index (κ1) is 15.1. The molecule has 1 aliphatic rings. The molecule has 0 radical (unpaired) electrons. The van der Waals surface area contributed by atoms with Gasteiger partial charge in [-0.15, -0.1) is 0 Å². The summed E-state index contributed by atoms with van der Waals surface area (Å²) in [5, 5.41) is 10.2. The number of aromatic hydroxyl groups is 1. The predicted octanol–water partition coefficient (Wildman–Crippen LogP) is 2.67. The molecule has 1 aliphatic carbocycles. The maximum Gasteiger partial charge on any atom is 0.124 e. The molecule has 3 N–H and O–H groups in total. The molecule has 0 amide bonds. The van der Waals surface area contributed by atoms with Crippen molar-refractivity contribution in [2.75, 3.05) is 20.7 Å². The van der Waals surface area contributed by atoms with Gasteiger partial charge in [0, 0.05) is 24.2 Å². The van der Waals surface area contributed by atoms with Crippen molar-refractivity contribution in [1.82, 2.24) is 4.90 Å². The lowest BCUT2D eigenvalue weighted by molar-refractivity contribution is 0.139. The molecular formula is C16H26N2O2. The summed E-state index contributed by atoms with van der Waals surface area (Å²) in [6.07, 6.45) is 6.38. The van der Waals surface area contributed by atoms with E-state index in [1.165, 1.54) is 32.1 Å². The summed E-state index contributed by atoms with van der Waals surface area (Å²) in [5.41, 5.74) is 6.86. The molecule has 0 aliphatic heterocycles. The van der Waals surface area contributed by atoms with Gasteiger partial charge < -0.3 is 15.6 Å². The van der Waals surface area contributed by atoms with E-state index < -0.39 is 0 Å². The van der Waals surface area contributed by atoms with E-state index in [0.29, 0.717) is 18.3 Å². The zero-order valence-corrected chi connectivity index (χ0v) is 12.5. The monoisotopic (exact) mass is 278 g/mol. The van der Waals surface area contributed by atoms with Crippen molar-refractivity contribution in [1.29, 1.82) is 0 Å². The summed E-state index contributed by atoms with van der Waals surface area (Å²) in [5.74, 6) is 0.935. The highest BCUT2D eigenvalue weighted by atomic mass is 16.5. The van der Waals surface area contributed by atoms with Crippen LogP contribution in [-0.2, 0) is 0 Å². The fourth-order valence-electron chi connectivity index (χ4n) is 3.19. The largest absolute Gasteiger partial charge is 0.507 e. The molecule has 0 bridgehead atoms. The number of benzene rings is 1. The third kappa shape index (κ3) is 3.25. The maximum absolute atomic E-state index is 10.2. The first-order chi connectivity index (χ1) is 9.67. The van der Waals surface area contributed by atoms with Crippen molar-refractivity contribution in [3.05, 3.63) is 23.8 Å². The van der Waals surface area contributed by atoms with Gasteiger partial charge in [-0.25, -0.2) is 0 Å². The van der Waals surface area contributed by atoms with Crippen molar-refractivity contribution < 1.29 is 9.84 Å². The van der Waals surface area contributed by atoms with Crippen LogP contribution >= 0.6 is 0 Å². The van der Waals surface area contributed by atoms with Gasteiger partial charge in [0.25, 0.3) is 0 Å². The Morgan fingerprint density at radius 3 is 2.60 bits per heavy atom. The smallest absolute Gasteiger partial charge is 0.124 e. The maximum atomic E-state index is 10.2. The third-order valence-electron chi connectivity index (χ3n) is 4.46. The molecule has 1 atom stereocenters. The van der Waals surface area contributed by atoms with E-state index in [0.717, 1.165) is 5.56 Å². The van der Waals surface area contributed by atoms with Gasteiger partial charge in [0.15, 0.2) is 0 Å². The second kappa shape index (κ2) is 6.95. The van der Waals surface area contributed by atoms with Gasteiger partial charge >= 0.3 is 0 Å². The molecule has 0 aromatic heterocycles. The quantitative estimate of drug-likeness (QED) is 0.869. The number of ether oxygens (including phenoxy) is 1. The van der Waals surface area contributed by atoms with Crippen molar-refractivity contribution in [3.8, 4) is 11.5 Å². The van der Waals surface area contributed by atoms with Crippen LogP contribution in [0.25, 0.3) is 0 Å². The van der Waals surface area contributed by atoms with Gasteiger partial charge in [0.1, 0.15) is 11.5 Å². The first-order valence-electron chi connectivity index (χ1n) is 7.46. The van der Waals surface area contributed by atoms with E-state index in [9.17, 15) is 5.11 Å². The summed E-state index contributed by atoms with van der Waals surface area (Å²) in [6, 6.07) is 6.09. The molecule has 4 nitrogen and oxygen atoms in total. The molecule has 1 aromatic rings. The Bertz CT molecular complexity index is 430. The van der Waals surface area contributed by atoms with Crippen molar-refractivity contribution in [3.63, 3.8) is 0 Å². The molecule has 0 saturated heterocycles. The molecule has 1 unspecified atom stereocenters. The number of hydrogen-bond donors (Lipinski definition) is 2. The van der Waals surface area contributed by atoms with Crippen LogP contribution < -0.4 is 10.5 Å². The van der Waals surface area contributed by atoms with Gasteiger partial charge in [0.05, 0.1) is 13.2 Å². The second-order valence-electron chi connectivity index (χ2n) is 5.63. The van der Waals surface area contributed by atoms with Gasteiger partial charge in [-0.05, 0) is 26.0 Å². The van der Waals surface area contributed by atoms with Crippen LogP contribution in [-0.4, -0.2) is 36.8 Å². The molecule has 0 heterocycles.